The van der Waals surface area contributed by atoms with Crippen molar-refractivity contribution >= 4 is 10.8 Å². The maximum absolute atomic E-state index is 11.6. The SMILES string of the molecule is O=S1CCCC/C1=C1\C=CC=CN1. The van der Waals surface area contributed by atoms with E-state index < -0.39 is 10.8 Å². The molecular formula is C10H13NOS. The van der Waals surface area contributed by atoms with E-state index in [0.717, 1.165) is 29.2 Å². The summed E-state index contributed by atoms with van der Waals surface area (Å²) in [4.78, 5) is 1.09. The maximum atomic E-state index is 11.6. The second-order valence-corrected chi connectivity index (χ2v) is 4.80. The van der Waals surface area contributed by atoms with Crippen molar-refractivity contribution in [3.8, 4) is 0 Å². The van der Waals surface area contributed by atoms with Gasteiger partial charge in [-0.15, -0.1) is 0 Å². The predicted octanol–water partition coefficient (Wildman–Crippen LogP) is 1.80. The van der Waals surface area contributed by atoms with Crippen molar-refractivity contribution in [2.45, 2.75) is 19.3 Å². The van der Waals surface area contributed by atoms with Gasteiger partial charge in [0.1, 0.15) is 0 Å². The Morgan fingerprint density at radius 1 is 1.31 bits per heavy atom. The zero-order chi connectivity index (χ0) is 9.10. The Balaban J connectivity index is 2.25. The Morgan fingerprint density at radius 3 is 2.92 bits per heavy atom. The lowest BCUT2D eigenvalue weighted by molar-refractivity contribution is 0.668. The molecule has 13 heavy (non-hydrogen) atoms. The zero-order valence-electron chi connectivity index (χ0n) is 7.45. The number of rotatable bonds is 0. The lowest BCUT2D eigenvalue weighted by Crippen LogP contribution is -2.16. The summed E-state index contributed by atoms with van der Waals surface area (Å²) >= 11 is 0. The number of dihydropyridines is 1. The Hall–Kier alpha value is -0.830. The van der Waals surface area contributed by atoms with E-state index in [1.165, 1.54) is 6.42 Å². The van der Waals surface area contributed by atoms with Crippen LogP contribution in [0.2, 0.25) is 0 Å². The fraction of sp³-hybridized carbons (Fsp3) is 0.400. The summed E-state index contributed by atoms with van der Waals surface area (Å²) in [7, 11) is -0.744. The van der Waals surface area contributed by atoms with Gasteiger partial charge in [-0.25, -0.2) is 0 Å². The fourth-order valence-corrected chi connectivity index (χ4v) is 3.04. The molecule has 1 unspecified atom stereocenters. The van der Waals surface area contributed by atoms with Crippen LogP contribution >= 0.6 is 0 Å². The first-order valence-corrected chi connectivity index (χ1v) is 5.91. The van der Waals surface area contributed by atoms with Crippen LogP contribution in [-0.4, -0.2) is 9.96 Å². The van der Waals surface area contributed by atoms with Crippen molar-refractivity contribution in [2.75, 3.05) is 5.75 Å². The number of hydrogen-bond acceptors (Lipinski definition) is 2. The van der Waals surface area contributed by atoms with Crippen LogP contribution in [0.25, 0.3) is 0 Å². The predicted molar refractivity (Wildman–Crippen MR) is 55.3 cm³/mol. The van der Waals surface area contributed by atoms with Gasteiger partial charge < -0.3 is 5.32 Å². The molecule has 2 aliphatic heterocycles. The van der Waals surface area contributed by atoms with Gasteiger partial charge >= 0.3 is 0 Å². The zero-order valence-corrected chi connectivity index (χ0v) is 8.27. The van der Waals surface area contributed by atoms with E-state index in [1.807, 2.05) is 24.4 Å². The highest BCUT2D eigenvalue weighted by Crippen LogP contribution is 2.23. The summed E-state index contributed by atoms with van der Waals surface area (Å²) in [5.41, 5.74) is 1.04. The average molecular weight is 195 g/mol. The summed E-state index contributed by atoms with van der Waals surface area (Å²) in [5, 5.41) is 3.14. The van der Waals surface area contributed by atoms with Crippen LogP contribution < -0.4 is 5.32 Å². The van der Waals surface area contributed by atoms with Crippen LogP contribution in [0.3, 0.4) is 0 Å². The second kappa shape index (κ2) is 3.92. The molecule has 2 nitrogen and oxygen atoms in total. The van der Waals surface area contributed by atoms with Crippen LogP contribution in [0.5, 0.6) is 0 Å². The van der Waals surface area contributed by atoms with Crippen LogP contribution in [0, 0.1) is 0 Å². The molecule has 1 fully saturated rings. The second-order valence-electron chi connectivity index (χ2n) is 3.21. The van der Waals surface area contributed by atoms with E-state index in [9.17, 15) is 4.21 Å². The van der Waals surface area contributed by atoms with Crippen molar-refractivity contribution in [1.82, 2.24) is 5.32 Å². The van der Waals surface area contributed by atoms with Gasteiger partial charge in [0, 0.05) is 16.9 Å². The number of allylic oxidation sites excluding steroid dienone is 4. The Bertz CT molecular complexity index is 315. The first-order valence-electron chi connectivity index (χ1n) is 4.59. The van der Waals surface area contributed by atoms with Gasteiger partial charge in [-0.2, -0.15) is 0 Å². The van der Waals surface area contributed by atoms with Crippen molar-refractivity contribution in [1.29, 1.82) is 0 Å². The lowest BCUT2D eigenvalue weighted by Gasteiger charge is -2.17. The van der Waals surface area contributed by atoms with Crippen LogP contribution in [-0.2, 0) is 10.8 Å². The van der Waals surface area contributed by atoms with E-state index in [0.29, 0.717) is 0 Å². The topological polar surface area (TPSA) is 29.1 Å². The molecule has 1 N–H and O–H groups in total. The standard InChI is InChI=1S/C10H13NOS/c12-13-8-4-2-6-10(13)9-5-1-3-7-11-9/h1,3,5,7,11H,2,4,6,8H2/b10-9-. The first-order chi connectivity index (χ1) is 6.38. The van der Waals surface area contributed by atoms with Crippen LogP contribution in [0.4, 0.5) is 0 Å². The minimum atomic E-state index is -0.744. The van der Waals surface area contributed by atoms with Gasteiger partial charge in [-0.1, -0.05) is 6.08 Å². The first kappa shape index (κ1) is 8.75. The van der Waals surface area contributed by atoms with Crippen LogP contribution in [0.15, 0.2) is 35.0 Å². The quantitative estimate of drug-likeness (QED) is 0.638. The highest BCUT2D eigenvalue weighted by Gasteiger charge is 2.16. The maximum Gasteiger partial charge on any atom is 0.0509 e. The summed E-state index contributed by atoms with van der Waals surface area (Å²) in [6, 6.07) is 0. The highest BCUT2D eigenvalue weighted by atomic mass is 32.2. The van der Waals surface area contributed by atoms with E-state index in [1.54, 1.807) is 0 Å². The summed E-state index contributed by atoms with van der Waals surface area (Å²) in [5.74, 6) is 0.831. The third kappa shape index (κ3) is 1.91. The van der Waals surface area contributed by atoms with Crippen LogP contribution in [0.1, 0.15) is 19.3 Å². The Labute approximate surface area is 80.9 Å². The Morgan fingerprint density at radius 2 is 2.23 bits per heavy atom. The minimum Gasteiger partial charge on any atom is -0.361 e. The van der Waals surface area contributed by atoms with Gasteiger partial charge in [0.2, 0.25) is 0 Å². The molecule has 1 atom stereocenters. The van der Waals surface area contributed by atoms with Gasteiger partial charge in [-0.05, 0) is 31.4 Å². The third-order valence-corrected chi connectivity index (χ3v) is 3.90. The molecule has 0 spiro atoms. The van der Waals surface area contributed by atoms with Crippen molar-refractivity contribution in [3.05, 3.63) is 35.0 Å². The normalized spacial score (nSPS) is 33.1. The molecule has 0 radical (unpaired) electrons. The van der Waals surface area contributed by atoms with E-state index in [-0.39, 0.29) is 0 Å². The van der Waals surface area contributed by atoms with Crippen molar-refractivity contribution in [3.63, 3.8) is 0 Å². The van der Waals surface area contributed by atoms with Gasteiger partial charge in [0.15, 0.2) is 0 Å². The highest BCUT2D eigenvalue weighted by molar-refractivity contribution is 7.89. The molecule has 2 aliphatic rings. The van der Waals surface area contributed by atoms with E-state index in [2.05, 4.69) is 5.32 Å². The summed E-state index contributed by atoms with van der Waals surface area (Å²) < 4.78 is 11.6. The average Bonchev–Trinajstić information content (AvgIpc) is 2.20. The number of hydrogen-bond donors (Lipinski definition) is 1. The largest absolute Gasteiger partial charge is 0.361 e. The third-order valence-electron chi connectivity index (χ3n) is 2.27. The molecule has 3 heteroatoms. The molecule has 0 aromatic heterocycles. The minimum absolute atomic E-state index is 0.744. The van der Waals surface area contributed by atoms with Gasteiger partial charge in [-0.3, -0.25) is 4.21 Å². The van der Waals surface area contributed by atoms with Crippen molar-refractivity contribution in [2.24, 2.45) is 0 Å². The molecule has 0 amide bonds. The van der Waals surface area contributed by atoms with E-state index in [4.69, 9.17) is 0 Å². The lowest BCUT2D eigenvalue weighted by atomic mass is 10.2. The molecule has 0 bridgehead atoms. The van der Waals surface area contributed by atoms with Crippen molar-refractivity contribution < 1.29 is 4.21 Å². The molecule has 0 aromatic rings. The molecule has 70 valence electrons. The molecule has 2 rings (SSSR count). The van der Waals surface area contributed by atoms with E-state index >= 15 is 0 Å². The summed E-state index contributed by atoms with van der Waals surface area (Å²) in [6.45, 7) is 0. The summed E-state index contributed by atoms with van der Waals surface area (Å²) in [6.07, 6.45) is 11.0. The fourth-order valence-electron chi connectivity index (χ4n) is 1.58. The molecule has 0 saturated carbocycles. The molecule has 0 aliphatic carbocycles. The number of nitrogens with one attached hydrogen (secondary N) is 1. The Kier molecular flexibility index (Phi) is 2.64. The molecular weight excluding hydrogens is 182 g/mol. The molecule has 0 aromatic carbocycles. The smallest absolute Gasteiger partial charge is 0.0509 e. The monoisotopic (exact) mass is 195 g/mol. The van der Waals surface area contributed by atoms with Gasteiger partial charge in [0.25, 0.3) is 0 Å². The van der Waals surface area contributed by atoms with Gasteiger partial charge in [0.05, 0.1) is 16.5 Å². The molecule has 1 saturated heterocycles. The molecule has 2 heterocycles.